The first-order chi connectivity index (χ1) is 9.14. The highest BCUT2D eigenvalue weighted by molar-refractivity contribution is 7.91. The van der Waals surface area contributed by atoms with Gasteiger partial charge in [-0.15, -0.1) is 0 Å². The second kappa shape index (κ2) is 6.56. The van der Waals surface area contributed by atoms with Crippen molar-refractivity contribution in [3.05, 3.63) is 0 Å². The van der Waals surface area contributed by atoms with Crippen molar-refractivity contribution in [3.63, 3.8) is 0 Å². The van der Waals surface area contributed by atoms with E-state index in [9.17, 15) is 18.0 Å². The maximum atomic E-state index is 12.1. The molecule has 0 spiro atoms. The van der Waals surface area contributed by atoms with Crippen molar-refractivity contribution in [1.29, 1.82) is 0 Å². The third-order valence-corrected chi connectivity index (χ3v) is 5.06. The molecule has 0 unspecified atom stereocenters. The fourth-order valence-electron chi connectivity index (χ4n) is 2.07. The predicted molar refractivity (Wildman–Crippen MR) is 77.2 cm³/mol. The van der Waals surface area contributed by atoms with Gasteiger partial charge in [0.15, 0.2) is 15.6 Å². The van der Waals surface area contributed by atoms with E-state index in [0.717, 1.165) is 0 Å². The number of amides is 2. The van der Waals surface area contributed by atoms with Crippen LogP contribution in [0.15, 0.2) is 0 Å². The van der Waals surface area contributed by atoms with Gasteiger partial charge in [-0.25, -0.2) is 13.2 Å². The summed E-state index contributed by atoms with van der Waals surface area (Å²) in [5.74, 6) is -0.166. The van der Waals surface area contributed by atoms with Crippen molar-refractivity contribution in [2.24, 2.45) is 11.8 Å². The number of carbonyl (C=O) groups is 2. The summed E-state index contributed by atoms with van der Waals surface area (Å²) < 4.78 is 22.7. The Hall–Kier alpha value is -1.11. The van der Waals surface area contributed by atoms with E-state index in [1.807, 2.05) is 13.8 Å². The summed E-state index contributed by atoms with van der Waals surface area (Å²) in [7, 11) is -3.01. The molecule has 20 heavy (non-hydrogen) atoms. The minimum atomic E-state index is -3.01. The lowest BCUT2D eigenvalue weighted by atomic mass is 9.93. The Morgan fingerprint density at radius 3 is 1.95 bits per heavy atom. The van der Waals surface area contributed by atoms with Gasteiger partial charge in [-0.3, -0.25) is 4.79 Å². The van der Waals surface area contributed by atoms with Crippen molar-refractivity contribution in [2.75, 3.05) is 24.6 Å². The van der Waals surface area contributed by atoms with Gasteiger partial charge in [0, 0.05) is 19.0 Å². The van der Waals surface area contributed by atoms with Crippen molar-refractivity contribution >= 4 is 21.7 Å². The summed E-state index contributed by atoms with van der Waals surface area (Å²) in [6.45, 7) is 7.75. The molecule has 1 atom stereocenters. The maximum absolute atomic E-state index is 12.1. The van der Waals surface area contributed by atoms with Gasteiger partial charge in [-0.2, -0.15) is 0 Å². The fourth-order valence-corrected chi connectivity index (χ4v) is 3.27. The van der Waals surface area contributed by atoms with Gasteiger partial charge in [0.1, 0.15) is 0 Å². The lowest BCUT2D eigenvalue weighted by Crippen LogP contribution is -2.54. The molecule has 0 aromatic carbocycles. The van der Waals surface area contributed by atoms with Crippen LogP contribution in [0.3, 0.4) is 0 Å². The molecule has 1 aliphatic rings. The van der Waals surface area contributed by atoms with Crippen molar-refractivity contribution < 1.29 is 18.0 Å². The third kappa shape index (κ3) is 4.47. The lowest BCUT2D eigenvalue weighted by molar-refractivity contribution is -0.124. The zero-order chi connectivity index (χ0) is 15.5. The standard InChI is InChI=1S/C13H24N2O4S/c1-9(2)11(12(16)10(3)4)14-13(17)15-5-7-20(18,19)8-6-15/h9-11H,5-8H2,1-4H3,(H,14,17)/t11-/m0/s1. The van der Waals surface area contributed by atoms with Crippen LogP contribution in [0.4, 0.5) is 4.79 Å². The molecule has 1 saturated heterocycles. The predicted octanol–water partition coefficient (Wildman–Crippen LogP) is 0.676. The molecule has 0 aromatic rings. The lowest BCUT2D eigenvalue weighted by Gasteiger charge is -2.30. The number of Topliss-reactive ketones (excluding diaryl/α,β-unsaturated/α-hetero) is 1. The largest absolute Gasteiger partial charge is 0.328 e. The van der Waals surface area contributed by atoms with Crippen LogP contribution in [0.2, 0.25) is 0 Å². The Balaban J connectivity index is 2.66. The van der Waals surface area contributed by atoms with E-state index in [4.69, 9.17) is 0 Å². The highest BCUT2D eigenvalue weighted by Gasteiger charge is 2.30. The topological polar surface area (TPSA) is 83.6 Å². The molecular weight excluding hydrogens is 280 g/mol. The van der Waals surface area contributed by atoms with Gasteiger partial charge < -0.3 is 10.2 Å². The number of nitrogens with one attached hydrogen (secondary N) is 1. The smallest absolute Gasteiger partial charge is 0.318 e. The zero-order valence-corrected chi connectivity index (χ0v) is 13.4. The van der Waals surface area contributed by atoms with Crippen LogP contribution in [-0.4, -0.2) is 55.8 Å². The number of carbonyl (C=O) groups excluding carboxylic acids is 2. The zero-order valence-electron chi connectivity index (χ0n) is 12.5. The van der Waals surface area contributed by atoms with Gasteiger partial charge in [0.2, 0.25) is 0 Å². The molecule has 116 valence electrons. The summed E-state index contributed by atoms with van der Waals surface area (Å²) in [6, 6.07) is -0.881. The van der Waals surface area contributed by atoms with Gasteiger partial charge >= 0.3 is 6.03 Å². The molecular formula is C13H24N2O4S. The van der Waals surface area contributed by atoms with E-state index < -0.39 is 15.9 Å². The maximum Gasteiger partial charge on any atom is 0.318 e. The molecule has 0 saturated carbocycles. The van der Waals surface area contributed by atoms with Crippen LogP contribution in [0.5, 0.6) is 0 Å². The minimum Gasteiger partial charge on any atom is -0.328 e. The number of urea groups is 1. The van der Waals surface area contributed by atoms with Crippen molar-refractivity contribution in [1.82, 2.24) is 10.2 Å². The van der Waals surface area contributed by atoms with Crippen LogP contribution >= 0.6 is 0 Å². The molecule has 0 radical (unpaired) electrons. The number of sulfone groups is 1. The molecule has 0 aromatic heterocycles. The number of ketones is 1. The molecule has 1 N–H and O–H groups in total. The van der Waals surface area contributed by atoms with Crippen molar-refractivity contribution in [2.45, 2.75) is 33.7 Å². The number of hydrogen-bond acceptors (Lipinski definition) is 4. The monoisotopic (exact) mass is 304 g/mol. The first kappa shape index (κ1) is 16.9. The molecule has 1 fully saturated rings. The highest BCUT2D eigenvalue weighted by Crippen LogP contribution is 2.11. The number of nitrogens with zero attached hydrogens (tertiary/aromatic N) is 1. The van der Waals surface area contributed by atoms with Gasteiger partial charge in [-0.1, -0.05) is 27.7 Å². The van der Waals surface area contributed by atoms with E-state index in [-0.39, 0.29) is 48.2 Å². The van der Waals surface area contributed by atoms with Crippen LogP contribution in [0, 0.1) is 11.8 Å². The summed E-state index contributed by atoms with van der Waals surface area (Å²) in [4.78, 5) is 25.7. The highest BCUT2D eigenvalue weighted by atomic mass is 32.2. The Labute approximate surface area is 120 Å². The molecule has 0 bridgehead atoms. The third-order valence-electron chi connectivity index (χ3n) is 3.45. The summed E-state index contributed by atoms with van der Waals surface area (Å²) in [5.41, 5.74) is 0. The fraction of sp³-hybridized carbons (Fsp3) is 0.846. The first-order valence-electron chi connectivity index (χ1n) is 6.93. The van der Waals surface area contributed by atoms with Crippen molar-refractivity contribution in [3.8, 4) is 0 Å². The first-order valence-corrected chi connectivity index (χ1v) is 8.76. The SMILES string of the molecule is CC(C)C(=O)[C@@H](NC(=O)N1CCS(=O)(=O)CC1)C(C)C. The Kier molecular flexibility index (Phi) is 5.56. The summed E-state index contributed by atoms with van der Waals surface area (Å²) in [5, 5.41) is 2.74. The summed E-state index contributed by atoms with van der Waals surface area (Å²) >= 11 is 0. The van der Waals surface area contributed by atoms with Gasteiger partial charge in [0.25, 0.3) is 0 Å². The Morgan fingerprint density at radius 2 is 1.55 bits per heavy atom. The average molecular weight is 304 g/mol. The van der Waals surface area contributed by atoms with Crippen LogP contribution in [-0.2, 0) is 14.6 Å². The van der Waals surface area contributed by atoms with E-state index in [1.54, 1.807) is 13.8 Å². The summed E-state index contributed by atoms with van der Waals surface area (Å²) in [6.07, 6.45) is 0. The molecule has 1 heterocycles. The quantitative estimate of drug-likeness (QED) is 0.827. The van der Waals surface area contributed by atoms with Gasteiger partial charge in [0.05, 0.1) is 17.5 Å². The average Bonchev–Trinajstić information content (AvgIpc) is 2.34. The minimum absolute atomic E-state index is 0.00187. The molecule has 6 nitrogen and oxygen atoms in total. The molecule has 1 aliphatic heterocycles. The molecule has 1 rings (SSSR count). The van der Waals surface area contributed by atoms with E-state index in [2.05, 4.69) is 5.32 Å². The molecule has 0 aliphatic carbocycles. The van der Waals surface area contributed by atoms with Crippen LogP contribution in [0.25, 0.3) is 0 Å². The van der Waals surface area contributed by atoms with Gasteiger partial charge in [-0.05, 0) is 5.92 Å². The van der Waals surface area contributed by atoms with Crippen LogP contribution in [0.1, 0.15) is 27.7 Å². The van der Waals surface area contributed by atoms with E-state index in [0.29, 0.717) is 0 Å². The second-order valence-electron chi connectivity index (χ2n) is 5.87. The molecule has 2 amide bonds. The van der Waals surface area contributed by atoms with E-state index in [1.165, 1.54) is 4.90 Å². The second-order valence-corrected chi connectivity index (χ2v) is 8.17. The Bertz CT molecular complexity index is 457. The van der Waals surface area contributed by atoms with Crippen LogP contribution < -0.4 is 5.32 Å². The number of rotatable bonds is 4. The molecule has 7 heteroatoms. The van der Waals surface area contributed by atoms with E-state index >= 15 is 0 Å². The Morgan fingerprint density at radius 1 is 1.05 bits per heavy atom. The normalized spacial score (nSPS) is 20.0. The number of hydrogen-bond donors (Lipinski definition) is 1.